The van der Waals surface area contributed by atoms with Gasteiger partial charge >= 0.3 is 0 Å². The monoisotopic (exact) mass is 485 g/mol. The normalized spacial score (nSPS) is 20.6. The van der Waals surface area contributed by atoms with Crippen molar-refractivity contribution < 1.29 is 4.79 Å². The number of carbonyl (C=O) groups is 1. The van der Waals surface area contributed by atoms with E-state index in [1.165, 1.54) is 24.1 Å². The van der Waals surface area contributed by atoms with Crippen LogP contribution in [0.3, 0.4) is 0 Å². The minimum absolute atomic E-state index is 0.0944. The zero-order valence-corrected chi connectivity index (χ0v) is 20.0. The van der Waals surface area contributed by atoms with Crippen molar-refractivity contribution in [3.63, 3.8) is 0 Å². The van der Waals surface area contributed by atoms with Gasteiger partial charge in [-0.25, -0.2) is 4.98 Å². The van der Waals surface area contributed by atoms with Gasteiger partial charge in [0.05, 0.1) is 12.1 Å². The fraction of sp³-hybridized carbons (Fsp3) is 0.542. The number of hydrogen-bond acceptors (Lipinski definition) is 5. The molecule has 2 aliphatic carbocycles. The summed E-state index contributed by atoms with van der Waals surface area (Å²) >= 11 is 3.52. The lowest BCUT2D eigenvalue weighted by Gasteiger charge is -2.30. The van der Waals surface area contributed by atoms with Crippen molar-refractivity contribution in [3.8, 4) is 0 Å². The Hall–Kier alpha value is -2.15. The Kier molecular flexibility index (Phi) is 7.10. The summed E-state index contributed by atoms with van der Waals surface area (Å²) in [7, 11) is 4.12. The molecule has 2 aliphatic rings. The fourth-order valence-electron chi connectivity index (χ4n) is 4.67. The van der Waals surface area contributed by atoms with Gasteiger partial charge in [-0.15, -0.1) is 0 Å². The molecule has 0 radical (unpaired) electrons. The van der Waals surface area contributed by atoms with Crippen LogP contribution in [0, 0.1) is 0 Å². The van der Waals surface area contributed by atoms with Crippen molar-refractivity contribution in [1.29, 1.82) is 0 Å². The lowest BCUT2D eigenvalue weighted by molar-refractivity contribution is -0.121. The van der Waals surface area contributed by atoms with E-state index in [2.05, 4.69) is 45.6 Å². The molecule has 1 fully saturated rings. The van der Waals surface area contributed by atoms with Gasteiger partial charge in [0.25, 0.3) is 0 Å². The van der Waals surface area contributed by atoms with Crippen LogP contribution in [-0.2, 0) is 24.1 Å². The number of anilines is 2. The molecule has 166 valence electrons. The average Bonchev–Trinajstić information content (AvgIpc) is 2.76. The van der Waals surface area contributed by atoms with Crippen LogP contribution in [0.4, 0.5) is 11.8 Å². The number of nitrogens with one attached hydrogen (secondary N) is 2. The lowest BCUT2D eigenvalue weighted by atomic mass is 9.91. The molecule has 0 atom stereocenters. The Morgan fingerprint density at radius 3 is 2.52 bits per heavy atom. The molecule has 6 nitrogen and oxygen atoms in total. The maximum Gasteiger partial charge on any atom is 0.225 e. The van der Waals surface area contributed by atoms with Crippen molar-refractivity contribution in [3.05, 3.63) is 45.6 Å². The molecule has 31 heavy (non-hydrogen) atoms. The van der Waals surface area contributed by atoms with Crippen molar-refractivity contribution in [2.45, 2.75) is 69.9 Å². The Morgan fingerprint density at radius 1 is 1.06 bits per heavy atom. The molecule has 1 heterocycles. The van der Waals surface area contributed by atoms with E-state index in [0.717, 1.165) is 60.3 Å². The number of hydrogen-bond donors (Lipinski definition) is 2. The zero-order chi connectivity index (χ0) is 21.8. The number of amides is 1. The largest absolute Gasteiger partial charge is 0.362 e. The van der Waals surface area contributed by atoms with Gasteiger partial charge in [-0.05, 0) is 63.0 Å². The molecule has 0 aliphatic heterocycles. The minimum atomic E-state index is 0.0944. The first-order valence-electron chi connectivity index (χ1n) is 11.4. The first kappa shape index (κ1) is 22.1. The SMILES string of the molecule is CN(C)c1nc(N[C@H]2CC[C@@H](NC(=O)Cc3ccccc3Br)CC2)nc2c1CCCC2. The maximum atomic E-state index is 12.5. The first-order chi connectivity index (χ1) is 15.0. The number of nitrogens with zero attached hydrogens (tertiary/aromatic N) is 3. The van der Waals surface area contributed by atoms with Crippen LogP contribution in [0.15, 0.2) is 28.7 Å². The van der Waals surface area contributed by atoms with Gasteiger partial charge in [-0.3, -0.25) is 4.79 Å². The van der Waals surface area contributed by atoms with Crippen molar-refractivity contribution >= 4 is 33.6 Å². The van der Waals surface area contributed by atoms with Gasteiger partial charge in [0.1, 0.15) is 5.82 Å². The van der Waals surface area contributed by atoms with E-state index < -0.39 is 0 Å². The summed E-state index contributed by atoms with van der Waals surface area (Å²) in [6, 6.07) is 8.50. The summed E-state index contributed by atoms with van der Waals surface area (Å²) in [5.41, 5.74) is 3.55. The molecule has 7 heteroatoms. The molecular formula is C24H32BrN5O. The van der Waals surface area contributed by atoms with E-state index in [9.17, 15) is 4.79 Å². The van der Waals surface area contributed by atoms with Gasteiger partial charge in [0, 0.05) is 36.2 Å². The number of halogens is 1. The number of rotatable bonds is 6. The van der Waals surface area contributed by atoms with Crippen molar-refractivity contribution in [2.75, 3.05) is 24.3 Å². The van der Waals surface area contributed by atoms with Crippen LogP contribution in [0.25, 0.3) is 0 Å². The van der Waals surface area contributed by atoms with Crippen LogP contribution in [-0.4, -0.2) is 42.1 Å². The van der Waals surface area contributed by atoms with Crippen molar-refractivity contribution in [2.24, 2.45) is 0 Å². The molecular weight excluding hydrogens is 454 g/mol. The minimum Gasteiger partial charge on any atom is -0.362 e. The van der Waals surface area contributed by atoms with Gasteiger partial charge in [-0.1, -0.05) is 34.1 Å². The highest BCUT2D eigenvalue weighted by Gasteiger charge is 2.25. The van der Waals surface area contributed by atoms with Crippen LogP contribution >= 0.6 is 15.9 Å². The van der Waals surface area contributed by atoms with E-state index in [0.29, 0.717) is 12.5 Å². The first-order valence-corrected chi connectivity index (χ1v) is 12.2. The summed E-state index contributed by atoms with van der Waals surface area (Å²) in [6.07, 6.45) is 8.94. The summed E-state index contributed by atoms with van der Waals surface area (Å²) < 4.78 is 0.986. The third kappa shape index (κ3) is 5.56. The van der Waals surface area contributed by atoms with Crippen LogP contribution < -0.4 is 15.5 Å². The summed E-state index contributed by atoms with van der Waals surface area (Å²) in [5.74, 6) is 1.91. The number of fused-ring (bicyclic) bond motifs is 1. The molecule has 1 saturated carbocycles. The Balaban J connectivity index is 1.31. The van der Waals surface area contributed by atoms with E-state index in [1.54, 1.807) is 0 Å². The standard InChI is InChI=1S/C24H32BrN5O/c1-30(2)23-19-8-4-6-10-21(19)28-24(29-23)27-18-13-11-17(12-14-18)26-22(31)15-16-7-3-5-9-20(16)25/h3,5,7,9,17-18H,4,6,8,10-15H2,1-2H3,(H,26,31)(H,27,28,29)/t17-,18+. The zero-order valence-electron chi connectivity index (χ0n) is 18.5. The number of benzene rings is 1. The lowest BCUT2D eigenvalue weighted by Crippen LogP contribution is -2.41. The molecule has 0 unspecified atom stereocenters. The predicted molar refractivity (Wildman–Crippen MR) is 129 cm³/mol. The predicted octanol–water partition coefficient (Wildman–Crippen LogP) is 4.27. The second kappa shape index (κ2) is 9.98. The average molecular weight is 486 g/mol. The van der Waals surface area contributed by atoms with Crippen molar-refractivity contribution in [1.82, 2.24) is 15.3 Å². The number of aromatic nitrogens is 2. The third-order valence-electron chi connectivity index (χ3n) is 6.32. The third-order valence-corrected chi connectivity index (χ3v) is 7.09. The number of carbonyl (C=O) groups excluding carboxylic acids is 1. The highest BCUT2D eigenvalue weighted by atomic mass is 79.9. The molecule has 0 bridgehead atoms. The summed E-state index contributed by atoms with van der Waals surface area (Å²) in [6.45, 7) is 0. The van der Waals surface area contributed by atoms with Crippen LogP contribution in [0.2, 0.25) is 0 Å². The molecule has 0 spiro atoms. The fourth-order valence-corrected chi connectivity index (χ4v) is 5.09. The molecule has 0 saturated heterocycles. The second-order valence-corrected chi connectivity index (χ2v) is 9.78. The Bertz CT molecular complexity index is 924. The van der Waals surface area contributed by atoms with Gasteiger partial charge in [0.2, 0.25) is 11.9 Å². The highest BCUT2D eigenvalue weighted by molar-refractivity contribution is 9.10. The number of aryl methyl sites for hydroxylation is 1. The maximum absolute atomic E-state index is 12.5. The quantitative estimate of drug-likeness (QED) is 0.639. The summed E-state index contributed by atoms with van der Waals surface area (Å²) in [5, 5.41) is 6.80. The van der Waals surface area contributed by atoms with Gasteiger partial charge in [-0.2, -0.15) is 4.98 Å². The Morgan fingerprint density at radius 2 is 1.77 bits per heavy atom. The highest BCUT2D eigenvalue weighted by Crippen LogP contribution is 2.29. The van der Waals surface area contributed by atoms with E-state index in [1.807, 2.05) is 24.3 Å². The smallest absolute Gasteiger partial charge is 0.225 e. The molecule has 2 aromatic rings. The Labute approximate surface area is 193 Å². The van der Waals surface area contributed by atoms with E-state index in [-0.39, 0.29) is 11.9 Å². The second-order valence-electron chi connectivity index (χ2n) is 8.93. The van der Waals surface area contributed by atoms with Crippen LogP contribution in [0.1, 0.15) is 55.3 Å². The molecule has 1 aromatic heterocycles. The van der Waals surface area contributed by atoms with E-state index >= 15 is 0 Å². The molecule has 2 N–H and O–H groups in total. The van der Waals surface area contributed by atoms with Gasteiger partial charge in [0.15, 0.2) is 0 Å². The molecule has 1 aromatic carbocycles. The van der Waals surface area contributed by atoms with Gasteiger partial charge < -0.3 is 15.5 Å². The topological polar surface area (TPSA) is 70.2 Å². The van der Waals surface area contributed by atoms with Crippen LogP contribution in [0.5, 0.6) is 0 Å². The van der Waals surface area contributed by atoms with E-state index in [4.69, 9.17) is 9.97 Å². The summed E-state index contributed by atoms with van der Waals surface area (Å²) in [4.78, 5) is 24.3. The molecule has 1 amide bonds. The molecule has 4 rings (SSSR count).